The van der Waals surface area contributed by atoms with Crippen molar-refractivity contribution in [3.05, 3.63) is 22.7 Å². The highest BCUT2D eigenvalue weighted by Gasteiger charge is 2.02. The third-order valence-electron chi connectivity index (χ3n) is 1.53. The average Bonchev–Trinajstić information content (AvgIpc) is 2.10. The van der Waals surface area contributed by atoms with E-state index in [4.69, 9.17) is 15.6 Å². The molecule has 0 unspecified atom stereocenters. The van der Waals surface area contributed by atoms with Crippen molar-refractivity contribution in [2.75, 3.05) is 12.3 Å². The van der Waals surface area contributed by atoms with E-state index in [-0.39, 0.29) is 13.0 Å². The van der Waals surface area contributed by atoms with Crippen LogP contribution in [-0.4, -0.2) is 17.7 Å². The fourth-order valence-electron chi connectivity index (χ4n) is 0.879. The second-order valence-corrected chi connectivity index (χ2v) is 3.54. The van der Waals surface area contributed by atoms with Crippen LogP contribution < -0.4 is 10.5 Å². The van der Waals surface area contributed by atoms with Crippen molar-refractivity contribution in [3.63, 3.8) is 0 Å². The van der Waals surface area contributed by atoms with Gasteiger partial charge in [-0.1, -0.05) is 0 Å². The Hall–Kier alpha value is -1.23. The summed E-state index contributed by atoms with van der Waals surface area (Å²) in [5.41, 5.74) is 6.12. The van der Waals surface area contributed by atoms with Gasteiger partial charge in [0.05, 0.1) is 17.5 Å². The maximum Gasteiger partial charge on any atom is 0.306 e. The smallest absolute Gasteiger partial charge is 0.306 e. The van der Waals surface area contributed by atoms with Gasteiger partial charge in [-0.2, -0.15) is 0 Å². The van der Waals surface area contributed by atoms with Crippen LogP contribution in [0, 0.1) is 0 Å². The Balaban J connectivity index is 2.57. The molecule has 0 spiro atoms. The third kappa shape index (κ3) is 3.26. The highest BCUT2D eigenvalue weighted by molar-refractivity contribution is 9.10. The molecule has 0 aliphatic rings. The summed E-state index contributed by atoms with van der Waals surface area (Å²) in [6.07, 6.45) is -0.0265. The van der Waals surface area contributed by atoms with Gasteiger partial charge in [0, 0.05) is 11.8 Å². The van der Waals surface area contributed by atoms with Crippen LogP contribution in [0.5, 0.6) is 5.75 Å². The molecule has 5 heteroatoms. The lowest BCUT2D eigenvalue weighted by atomic mass is 10.3. The summed E-state index contributed by atoms with van der Waals surface area (Å²) in [7, 11) is 0. The number of halogens is 1. The summed E-state index contributed by atoms with van der Waals surface area (Å²) >= 11 is 3.27. The average molecular weight is 260 g/mol. The van der Waals surface area contributed by atoms with E-state index in [1.54, 1.807) is 18.2 Å². The fourth-order valence-corrected chi connectivity index (χ4v) is 1.24. The van der Waals surface area contributed by atoms with E-state index in [1.807, 2.05) is 0 Å². The van der Waals surface area contributed by atoms with Gasteiger partial charge in [-0.25, -0.2) is 0 Å². The zero-order chi connectivity index (χ0) is 10.6. The molecule has 0 aliphatic carbocycles. The van der Waals surface area contributed by atoms with Gasteiger partial charge < -0.3 is 15.6 Å². The molecule has 14 heavy (non-hydrogen) atoms. The van der Waals surface area contributed by atoms with Crippen LogP contribution in [0.4, 0.5) is 5.69 Å². The van der Waals surface area contributed by atoms with E-state index in [0.717, 1.165) is 4.47 Å². The van der Waals surface area contributed by atoms with Crippen LogP contribution in [-0.2, 0) is 4.79 Å². The molecule has 0 heterocycles. The quantitative estimate of drug-likeness (QED) is 0.811. The van der Waals surface area contributed by atoms with Gasteiger partial charge in [0.1, 0.15) is 5.75 Å². The van der Waals surface area contributed by atoms with Crippen LogP contribution >= 0.6 is 15.9 Å². The van der Waals surface area contributed by atoms with E-state index >= 15 is 0 Å². The number of hydrogen-bond donors (Lipinski definition) is 2. The van der Waals surface area contributed by atoms with Crippen molar-refractivity contribution >= 4 is 27.6 Å². The van der Waals surface area contributed by atoms with Gasteiger partial charge in [-0.05, 0) is 28.1 Å². The normalized spacial score (nSPS) is 9.79. The number of nitrogen functional groups attached to an aromatic ring is 1. The van der Waals surface area contributed by atoms with Gasteiger partial charge in [0.15, 0.2) is 0 Å². The standard InChI is InChI=1S/C9H10BrNO3/c10-7-2-1-6(11)5-8(7)14-4-3-9(12)13/h1-2,5H,3-4,11H2,(H,12,13). The largest absolute Gasteiger partial charge is 0.492 e. The first kappa shape index (κ1) is 10.8. The van der Waals surface area contributed by atoms with Crippen molar-refractivity contribution in [2.24, 2.45) is 0 Å². The molecule has 0 aliphatic heterocycles. The number of benzene rings is 1. The Bertz CT molecular complexity index is 341. The first-order valence-corrected chi connectivity index (χ1v) is 4.78. The van der Waals surface area contributed by atoms with E-state index in [0.29, 0.717) is 11.4 Å². The maximum absolute atomic E-state index is 10.2. The Kier molecular flexibility index (Phi) is 3.76. The third-order valence-corrected chi connectivity index (χ3v) is 2.18. The summed E-state index contributed by atoms with van der Waals surface area (Å²) in [5, 5.41) is 8.40. The second-order valence-electron chi connectivity index (χ2n) is 2.68. The number of carbonyl (C=O) groups is 1. The summed E-state index contributed by atoms with van der Waals surface area (Å²) in [6.45, 7) is 0.136. The summed E-state index contributed by atoms with van der Waals surface area (Å²) < 4.78 is 5.98. The minimum absolute atomic E-state index is 0.0265. The Morgan fingerprint density at radius 2 is 2.29 bits per heavy atom. The topological polar surface area (TPSA) is 72.5 Å². The Labute approximate surface area is 89.8 Å². The molecule has 0 aromatic heterocycles. The second kappa shape index (κ2) is 4.85. The Morgan fingerprint density at radius 1 is 1.57 bits per heavy atom. The maximum atomic E-state index is 10.2. The van der Waals surface area contributed by atoms with E-state index in [1.165, 1.54) is 0 Å². The molecule has 0 bridgehead atoms. The lowest BCUT2D eigenvalue weighted by Crippen LogP contribution is -2.05. The first-order chi connectivity index (χ1) is 6.59. The molecule has 0 saturated carbocycles. The molecule has 0 saturated heterocycles. The first-order valence-electron chi connectivity index (χ1n) is 3.99. The predicted octanol–water partition coefficient (Wildman–Crippen LogP) is 1.88. The van der Waals surface area contributed by atoms with Crippen LogP contribution in [0.25, 0.3) is 0 Å². The summed E-state index contributed by atoms with van der Waals surface area (Å²) in [6, 6.07) is 5.13. The van der Waals surface area contributed by atoms with Crippen LogP contribution in [0.3, 0.4) is 0 Å². The number of ether oxygens (including phenoxy) is 1. The lowest BCUT2D eigenvalue weighted by molar-refractivity contribution is -0.137. The molecule has 4 nitrogen and oxygen atoms in total. The van der Waals surface area contributed by atoms with Crippen molar-refractivity contribution in [1.82, 2.24) is 0 Å². The number of aliphatic carboxylic acids is 1. The number of carboxylic acids is 1. The van der Waals surface area contributed by atoms with Crippen molar-refractivity contribution in [2.45, 2.75) is 6.42 Å². The van der Waals surface area contributed by atoms with Gasteiger partial charge >= 0.3 is 5.97 Å². The molecule has 1 aromatic rings. The minimum atomic E-state index is -0.884. The number of hydrogen-bond acceptors (Lipinski definition) is 3. The summed E-state index contributed by atoms with van der Waals surface area (Å²) in [5.74, 6) is -0.323. The van der Waals surface area contributed by atoms with Crippen LogP contribution in [0.15, 0.2) is 22.7 Å². The highest BCUT2D eigenvalue weighted by atomic mass is 79.9. The predicted molar refractivity (Wildman–Crippen MR) is 56.3 cm³/mol. The molecular weight excluding hydrogens is 250 g/mol. The van der Waals surface area contributed by atoms with Crippen molar-refractivity contribution in [1.29, 1.82) is 0 Å². The monoisotopic (exact) mass is 259 g/mol. The molecule has 1 rings (SSSR count). The Morgan fingerprint density at radius 3 is 2.93 bits per heavy atom. The van der Waals surface area contributed by atoms with E-state index in [2.05, 4.69) is 15.9 Å². The zero-order valence-corrected chi connectivity index (χ0v) is 8.95. The number of rotatable bonds is 4. The molecule has 3 N–H and O–H groups in total. The molecular formula is C9H10BrNO3. The fraction of sp³-hybridized carbons (Fsp3) is 0.222. The van der Waals surface area contributed by atoms with E-state index in [9.17, 15) is 4.79 Å². The molecule has 1 aromatic carbocycles. The highest BCUT2D eigenvalue weighted by Crippen LogP contribution is 2.26. The molecule has 0 fully saturated rings. The van der Waals surface area contributed by atoms with Gasteiger partial charge in [-0.3, -0.25) is 4.79 Å². The molecule has 0 atom stereocenters. The number of anilines is 1. The van der Waals surface area contributed by atoms with Gasteiger partial charge in [-0.15, -0.1) is 0 Å². The molecule has 0 radical (unpaired) electrons. The number of nitrogens with two attached hydrogens (primary N) is 1. The van der Waals surface area contributed by atoms with Crippen LogP contribution in [0.2, 0.25) is 0 Å². The minimum Gasteiger partial charge on any atom is -0.492 e. The van der Waals surface area contributed by atoms with Crippen LogP contribution in [0.1, 0.15) is 6.42 Å². The van der Waals surface area contributed by atoms with Crippen molar-refractivity contribution < 1.29 is 14.6 Å². The van der Waals surface area contributed by atoms with Gasteiger partial charge in [0.2, 0.25) is 0 Å². The summed E-state index contributed by atoms with van der Waals surface area (Å²) in [4.78, 5) is 10.2. The molecule has 0 amide bonds. The number of carboxylic acid groups (broad SMARTS) is 1. The zero-order valence-electron chi connectivity index (χ0n) is 7.37. The SMILES string of the molecule is Nc1ccc(Br)c(OCCC(=O)O)c1. The van der Waals surface area contributed by atoms with E-state index < -0.39 is 5.97 Å². The van der Waals surface area contributed by atoms with Crippen molar-refractivity contribution in [3.8, 4) is 5.75 Å². The lowest BCUT2D eigenvalue weighted by Gasteiger charge is -2.07. The molecule has 76 valence electrons. The van der Waals surface area contributed by atoms with Gasteiger partial charge in [0.25, 0.3) is 0 Å².